The molecule has 18 heteroatoms. The molecule has 2 aromatic heterocycles. The number of nitrogen functional groups attached to an aromatic ring is 1. The normalized spacial score (nSPS) is 21.7. The Morgan fingerprint density at radius 2 is 2.26 bits per heavy atom. The van der Waals surface area contributed by atoms with Gasteiger partial charge in [-0.25, -0.2) is 4.79 Å². The molecule has 2 unspecified atom stereocenters. The first kappa shape index (κ1) is 25.7. The number of fused-ring (bicyclic) bond motifs is 1. The van der Waals surface area contributed by atoms with Crippen LogP contribution in [0.4, 0.5) is 5.13 Å². The number of thioether (sulfide) groups is 3. The molecule has 0 spiro atoms. The van der Waals surface area contributed by atoms with E-state index in [4.69, 9.17) is 10.6 Å². The van der Waals surface area contributed by atoms with E-state index in [1.54, 1.807) is 22.7 Å². The SMILES string of the molecule is CSCCON=C(C(=O)NC1C(=O)N2C(C(=O)O)C(CSc3nncs3)=CS[C@@H]12)c1nsc(N)n1. The van der Waals surface area contributed by atoms with Crippen molar-refractivity contribution in [3.05, 3.63) is 22.3 Å². The van der Waals surface area contributed by atoms with Crippen LogP contribution in [-0.4, -0.2) is 94.9 Å². The van der Waals surface area contributed by atoms with Crippen LogP contribution < -0.4 is 11.1 Å². The molecule has 0 bridgehead atoms. The Kier molecular flexibility index (Phi) is 8.47. The van der Waals surface area contributed by atoms with Crippen LogP contribution in [0.3, 0.4) is 0 Å². The highest BCUT2D eigenvalue weighted by Crippen LogP contribution is 2.41. The lowest BCUT2D eigenvalue weighted by atomic mass is 9.98. The molecule has 4 N–H and O–H groups in total. The topological polar surface area (TPSA) is 186 Å². The minimum atomic E-state index is -1.15. The summed E-state index contributed by atoms with van der Waals surface area (Å²) in [6.07, 6.45) is 1.90. The Morgan fingerprint density at radius 1 is 1.43 bits per heavy atom. The van der Waals surface area contributed by atoms with E-state index < -0.39 is 35.2 Å². The van der Waals surface area contributed by atoms with E-state index in [1.807, 2.05) is 6.26 Å². The quantitative estimate of drug-likeness (QED) is 0.111. The summed E-state index contributed by atoms with van der Waals surface area (Å²) in [5, 5.41) is 25.3. The molecule has 35 heavy (non-hydrogen) atoms. The predicted octanol–water partition coefficient (Wildman–Crippen LogP) is 0.585. The lowest BCUT2D eigenvalue weighted by Gasteiger charge is -2.51. The van der Waals surface area contributed by atoms with Crippen LogP contribution in [0.5, 0.6) is 0 Å². The highest BCUT2D eigenvalue weighted by atomic mass is 32.2. The van der Waals surface area contributed by atoms with E-state index in [-0.39, 0.29) is 23.3 Å². The molecular weight excluding hydrogens is 557 g/mol. The van der Waals surface area contributed by atoms with E-state index >= 15 is 0 Å². The van der Waals surface area contributed by atoms with Gasteiger partial charge in [0.1, 0.15) is 23.5 Å². The molecule has 0 aliphatic carbocycles. The molecular formula is C17H18N8O5S5. The summed E-state index contributed by atoms with van der Waals surface area (Å²) >= 11 is 6.40. The van der Waals surface area contributed by atoms with Gasteiger partial charge in [-0.1, -0.05) is 28.3 Å². The third-order valence-electron chi connectivity index (χ3n) is 4.69. The van der Waals surface area contributed by atoms with Crippen LogP contribution in [0.1, 0.15) is 5.82 Å². The largest absolute Gasteiger partial charge is 0.479 e. The molecule has 4 rings (SSSR count). The van der Waals surface area contributed by atoms with E-state index in [2.05, 4.69) is 30.0 Å². The molecule has 0 radical (unpaired) electrons. The van der Waals surface area contributed by atoms with Gasteiger partial charge >= 0.3 is 5.97 Å². The average Bonchev–Trinajstić information content (AvgIpc) is 3.52. The number of amides is 2. The molecule has 2 aromatic rings. The summed E-state index contributed by atoms with van der Waals surface area (Å²) < 4.78 is 4.70. The Balaban J connectivity index is 1.46. The predicted molar refractivity (Wildman–Crippen MR) is 135 cm³/mol. The number of rotatable bonds is 11. The summed E-state index contributed by atoms with van der Waals surface area (Å²) in [6, 6.07) is -2.08. The second-order valence-electron chi connectivity index (χ2n) is 6.87. The van der Waals surface area contributed by atoms with Crippen LogP contribution in [0.15, 0.2) is 26.0 Å². The fraction of sp³-hybridized carbons (Fsp3) is 0.412. The van der Waals surface area contributed by atoms with Crippen molar-refractivity contribution in [3.8, 4) is 0 Å². The standard InChI is InChI=1S/C17H18N8O5S5/c1-31-3-2-30-23-8(11-21-16(18)35-24-11)12(26)20-9-13(27)25-10(15(28)29)7(4-32-14(9)25)5-33-17-22-19-6-34-17/h4,6,9-10,14H,2-3,5H2,1H3,(H,20,26)(H,28,29)(H2,18,21,24)/t9?,10?,14-/m0/s1. The molecule has 1 fully saturated rings. The summed E-state index contributed by atoms with van der Waals surface area (Å²) in [5.74, 6) is -1.41. The molecule has 3 atom stereocenters. The zero-order chi connectivity index (χ0) is 24.9. The molecule has 4 heterocycles. The maximum Gasteiger partial charge on any atom is 0.330 e. The second-order valence-corrected chi connectivity index (χ2v) is 11.7. The number of hydrogen-bond donors (Lipinski definition) is 3. The number of carbonyl (C=O) groups excluding carboxylic acids is 2. The van der Waals surface area contributed by atoms with E-state index in [9.17, 15) is 19.5 Å². The van der Waals surface area contributed by atoms with E-state index in [0.717, 1.165) is 11.5 Å². The maximum absolute atomic E-state index is 13.0. The first-order chi connectivity index (χ1) is 16.9. The molecule has 2 aliphatic heterocycles. The average molecular weight is 575 g/mol. The Bertz CT molecular complexity index is 1160. The molecule has 0 saturated carbocycles. The number of carbonyl (C=O) groups is 3. The fourth-order valence-corrected chi connectivity index (χ4v) is 6.65. The monoisotopic (exact) mass is 574 g/mol. The number of nitrogens with two attached hydrogens (primary N) is 1. The van der Waals surface area contributed by atoms with Gasteiger partial charge in [-0.2, -0.15) is 21.1 Å². The van der Waals surface area contributed by atoms with Gasteiger partial charge < -0.3 is 25.9 Å². The summed E-state index contributed by atoms with van der Waals surface area (Å²) in [7, 11) is 0. The van der Waals surface area contributed by atoms with Crippen LogP contribution in [0, 0.1) is 0 Å². The minimum absolute atomic E-state index is 0.0200. The first-order valence-corrected chi connectivity index (χ1v) is 14.8. The van der Waals surface area contributed by atoms with Crippen LogP contribution in [-0.2, 0) is 19.2 Å². The third kappa shape index (κ3) is 5.71. The number of carboxylic acids is 1. The van der Waals surface area contributed by atoms with Gasteiger partial charge in [-0.3, -0.25) is 9.59 Å². The molecule has 2 aliphatic rings. The number of β-lactam (4-membered cyclic amide) rings is 1. The van der Waals surface area contributed by atoms with Gasteiger partial charge in [0, 0.05) is 23.0 Å². The van der Waals surface area contributed by atoms with Gasteiger partial charge in [0.05, 0.1) is 0 Å². The van der Waals surface area contributed by atoms with Crippen molar-refractivity contribution in [2.75, 3.05) is 30.1 Å². The molecule has 186 valence electrons. The number of nitrogens with one attached hydrogen (secondary N) is 1. The van der Waals surface area contributed by atoms with Gasteiger partial charge in [-0.05, 0) is 17.2 Å². The summed E-state index contributed by atoms with van der Waals surface area (Å²) in [4.78, 5) is 48.4. The van der Waals surface area contributed by atoms with Crippen molar-refractivity contribution < 1.29 is 24.3 Å². The first-order valence-electron chi connectivity index (χ1n) is 9.78. The molecule has 2 amide bonds. The maximum atomic E-state index is 13.0. The Labute approximate surface area is 219 Å². The Morgan fingerprint density at radius 3 is 2.91 bits per heavy atom. The van der Waals surface area contributed by atoms with Gasteiger partial charge in [-0.15, -0.1) is 22.0 Å². The number of aliphatic carboxylic acids is 1. The molecule has 1 saturated heterocycles. The smallest absolute Gasteiger partial charge is 0.330 e. The zero-order valence-corrected chi connectivity index (χ0v) is 22.0. The number of anilines is 1. The van der Waals surface area contributed by atoms with Crippen molar-refractivity contribution in [2.24, 2.45) is 5.16 Å². The van der Waals surface area contributed by atoms with E-state index in [0.29, 0.717) is 21.4 Å². The van der Waals surface area contributed by atoms with Gasteiger partial charge in [0.25, 0.3) is 5.91 Å². The number of nitrogens with zero attached hydrogens (tertiary/aromatic N) is 6. The highest BCUT2D eigenvalue weighted by Gasteiger charge is 2.56. The van der Waals surface area contributed by atoms with Crippen molar-refractivity contribution >= 4 is 86.8 Å². The molecule has 13 nitrogen and oxygen atoms in total. The lowest BCUT2D eigenvalue weighted by Crippen LogP contribution is -2.74. The van der Waals surface area contributed by atoms with E-state index in [1.165, 1.54) is 39.8 Å². The fourth-order valence-electron chi connectivity index (χ4n) is 3.16. The van der Waals surface area contributed by atoms with Gasteiger partial charge in [0.2, 0.25) is 17.4 Å². The number of hydrogen-bond acceptors (Lipinski definition) is 15. The highest BCUT2D eigenvalue weighted by molar-refractivity contribution is 8.03. The molecule has 0 aromatic carbocycles. The second kappa shape index (κ2) is 11.5. The zero-order valence-electron chi connectivity index (χ0n) is 17.9. The summed E-state index contributed by atoms with van der Waals surface area (Å²) in [5.41, 5.74) is 7.56. The number of aromatic nitrogens is 4. The van der Waals surface area contributed by atoms with Crippen molar-refractivity contribution in [1.29, 1.82) is 0 Å². The van der Waals surface area contributed by atoms with Crippen LogP contribution in [0.25, 0.3) is 0 Å². The summed E-state index contributed by atoms with van der Waals surface area (Å²) in [6.45, 7) is 0.259. The number of oxime groups is 1. The van der Waals surface area contributed by atoms with Crippen molar-refractivity contribution in [3.63, 3.8) is 0 Å². The van der Waals surface area contributed by atoms with Gasteiger partial charge in [0.15, 0.2) is 15.5 Å². The minimum Gasteiger partial charge on any atom is -0.479 e. The van der Waals surface area contributed by atoms with Crippen molar-refractivity contribution in [1.82, 2.24) is 29.8 Å². The third-order valence-corrected chi connectivity index (χ3v) is 8.96. The van der Waals surface area contributed by atoms with Crippen molar-refractivity contribution in [2.45, 2.75) is 21.8 Å². The lowest BCUT2D eigenvalue weighted by molar-refractivity contribution is -0.159. The van der Waals surface area contributed by atoms with Crippen LogP contribution >= 0.6 is 58.2 Å². The Hall–Kier alpha value is -2.41. The number of carboxylic acid groups (broad SMARTS) is 1. The van der Waals surface area contributed by atoms with Crippen LogP contribution in [0.2, 0.25) is 0 Å².